The van der Waals surface area contributed by atoms with Gasteiger partial charge in [-0.25, -0.2) is 0 Å². The van der Waals surface area contributed by atoms with Gasteiger partial charge in [0.15, 0.2) is 16.0 Å². The van der Waals surface area contributed by atoms with Crippen LogP contribution in [0.1, 0.15) is 92.1 Å². The number of benzene rings is 1. The Morgan fingerprint density at radius 1 is 0.879 bits per heavy atom. The average molecular weight is 840 g/mol. The van der Waals surface area contributed by atoms with Gasteiger partial charge in [0.1, 0.15) is 17.6 Å². The topological polar surface area (TPSA) is 241 Å². The molecule has 0 bridgehead atoms. The second kappa shape index (κ2) is 25.3. The molecule has 0 saturated heterocycles. The lowest BCUT2D eigenvalue weighted by molar-refractivity contribution is -0.135. The molecule has 18 heteroatoms. The average Bonchev–Trinajstić information content (AvgIpc) is 3.59. The molecule has 1 aromatic heterocycles. The molecule has 0 spiro atoms. The van der Waals surface area contributed by atoms with Crippen molar-refractivity contribution in [3.05, 3.63) is 42.4 Å². The Labute approximate surface area is 351 Å². The third-order valence-electron chi connectivity index (χ3n) is 9.52. The van der Waals surface area contributed by atoms with Gasteiger partial charge in [0.2, 0.25) is 17.7 Å². The van der Waals surface area contributed by atoms with Crippen molar-refractivity contribution in [3.8, 4) is 0 Å². The smallest absolute Gasteiger partial charge is 0.243 e. The highest BCUT2D eigenvalue weighted by Crippen LogP contribution is 2.22. The molecule has 9 N–H and O–H groups in total. The summed E-state index contributed by atoms with van der Waals surface area (Å²) < 4.78 is 0. The lowest BCUT2D eigenvalue weighted by atomic mass is 9.84. The van der Waals surface area contributed by atoms with E-state index >= 15 is 0 Å². The molecule has 1 aromatic carbocycles. The number of para-hydroxylation sites is 1. The summed E-state index contributed by atoms with van der Waals surface area (Å²) in [5.41, 5.74) is 13.5. The first-order valence-corrected chi connectivity index (χ1v) is 20.2. The number of H-pyrrole nitrogens is 1. The summed E-state index contributed by atoms with van der Waals surface area (Å²) in [7, 11) is 1.67. The Kier molecular flexibility index (Phi) is 21.4. The largest absolute Gasteiger partial charge is 0.370 e. The van der Waals surface area contributed by atoms with Crippen LogP contribution in [0.15, 0.2) is 40.7 Å². The van der Waals surface area contributed by atoms with Crippen molar-refractivity contribution in [2.24, 2.45) is 33.7 Å². The van der Waals surface area contributed by atoms with E-state index in [1.807, 2.05) is 38.1 Å². The van der Waals surface area contributed by atoms with Crippen molar-refractivity contribution in [2.75, 3.05) is 13.6 Å². The van der Waals surface area contributed by atoms with E-state index in [0.717, 1.165) is 16.5 Å². The van der Waals surface area contributed by atoms with Gasteiger partial charge in [-0.05, 0) is 82.0 Å². The van der Waals surface area contributed by atoms with E-state index in [4.69, 9.17) is 30.2 Å². The fraction of sp³-hybridized carbons (Fsp3) is 0.525. The number of hydrazone groups is 2. The summed E-state index contributed by atoms with van der Waals surface area (Å²) >= 11 is 10.3. The molecule has 16 nitrogen and oxygen atoms in total. The van der Waals surface area contributed by atoms with Crippen molar-refractivity contribution in [3.63, 3.8) is 0 Å². The first-order chi connectivity index (χ1) is 27.5. The standard InChI is InChI=1S/C40H59N10O6S2/c1-8-12-34(52)31(23(2)3)21-35(53)26(6)45-38(56)33(20-28-22-44-32-15-10-9-14-30(28)32)46-37(55)27(16-17-36(41)54)19-29(51)13-11-18-43-40(58)50-48-25(5)24(4)47-49-39(57)42-7/h8-10,14-15,22-23,26-27,31,33,44H,11-13,16-21H2,1-7H3,(H2,41,54)(H,45,56)(H,46,55)(H2,42,49,57)(H2,43,50,58)/b47-24+,48-25+. The van der Waals surface area contributed by atoms with Gasteiger partial charge in [-0.3, -0.25) is 39.6 Å². The summed E-state index contributed by atoms with van der Waals surface area (Å²) in [6, 6.07) is 5.40. The maximum atomic E-state index is 13.9. The number of primary amides is 1. The fourth-order valence-corrected chi connectivity index (χ4v) is 6.11. The van der Waals surface area contributed by atoms with Crippen LogP contribution in [0.25, 0.3) is 10.9 Å². The van der Waals surface area contributed by atoms with E-state index in [-0.39, 0.29) is 73.3 Å². The number of nitrogens with two attached hydrogens (primary N) is 1. The summed E-state index contributed by atoms with van der Waals surface area (Å²) in [6.07, 6.45) is 3.93. The normalized spacial score (nSPS) is 13.8. The Morgan fingerprint density at radius 3 is 2.16 bits per heavy atom. The molecule has 3 amide bonds. The van der Waals surface area contributed by atoms with Crippen molar-refractivity contribution < 1.29 is 28.8 Å². The Hall–Kier alpha value is -5.10. The second-order valence-electron chi connectivity index (χ2n) is 14.5. The molecule has 317 valence electrons. The zero-order valence-electron chi connectivity index (χ0n) is 34.5. The van der Waals surface area contributed by atoms with Crippen LogP contribution in [0.3, 0.4) is 0 Å². The van der Waals surface area contributed by atoms with E-state index < -0.39 is 41.6 Å². The molecule has 58 heavy (non-hydrogen) atoms. The van der Waals surface area contributed by atoms with E-state index in [1.165, 1.54) is 0 Å². The van der Waals surface area contributed by atoms with Crippen LogP contribution in [0.4, 0.5) is 0 Å². The number of nitrogens with zero attached hydrogens (tertiary/aromatic N) is 2. The fourth-order valence-electron chi connectivity index (χ4n) is 5.91. The molecular formula is C40H59N10O6S2. The van der Waals surface area contributed by atoms with Crippen LogP contribution in [-0.4, -0.2) is 87.4 Å². The van der Waals surface area contributed by atoms with Gasteiger partial charge in [0.25, 0.3) is 0 Å². The molecule has 2 aromatic rings. The molecule has 4 unspecified atom stereocenters. The maximum Gasteiger partial charge on any atom is 0.243 e. The van der Waals surface area contributed by atoms with Gasteiger partial charge < -0.3 is 32.0 Å². The predicted octanol–water partition coefficient (Wildman–Crippen LogP) is 3.05. The molecule has 1 radical (unpaired) electrons. The number of Topliss-reactive ketones (excluding diaryl/α,β-unsaturated/α-hetero) is 3. The Balaban J connectivity index is 2.14. The second-order valence-corrected chi connectivity index (χ2v) is 15.3. The number of rotatable bonds is 25. The molecule has 0 aliphatic rings. The quantitative estimate of drug-likeness (QED) is 0.0312. The van der Waals surface area contributed by atoms with Crippen LogP contribution in [-0.2, 0) is 35.2 Å². The highest BCUT2D eigenvalue weighted by molar-refractivity contribution is 7.80. The first kappa shape index (κ1) is 49.0. The number of fused-ring (bicyclic) bond motifs is 1. The summed E-state index contributed by atoms with van der Waals surface area (Å²) in [5.74, 6) is -3.96. The minimum atomic E-state index is -1.15. The highest BCUT2D eigenvalue weighted by Gasteiger charge is 2.31. The molecule has 0 saturated carbocycles. The van der Waals surface area contributed by atoms with E-state index in [0.29, 0.717) is 29.5 Å². The third kappa shape index (κ3) is 17.2. The monoisotopic (exact) mass is 839 g/mol. The molecular weight excluding hydrogens is 781 g/mol. The zero-order valence-corrected chi connectivity index (χ0v) is 36.1. The van der Waals surface area contributed by atoms with Gasteiger partial charge in [-0.1, -0.05) is 39.0 Å². The van der Waals surface area contributed by atoms with Crippen molar-refractivity contribution in [1.82, 2.24) is 37.1 Å². The number of aromatic amines is 1. The van der Waals surface area contributed by atoms with Gasteiger partial charge >= 0.3 is 0 Å². The number of ketones is 3. The summed E-state index contributed by atoms with van der Waals surface area (Å²) in [5, 5.41) is 21.0. The SMILES string of the molecule is C[CH]CC(=O)C(CC(=O)C(C)NC(=O)C(Cc1c[nH]c2ccccc12)NC(=O)C(CCC(N)=O)CC(=O)CCCNC(=S)N/N=C(C)/C(C)=N/NC(=S)NC)C(C)C. The predicted molar refractivity (Wildman–Crippen MR) is 235 cm³/mol. The molecule has 0 aliphatic carbocycles. The van der Waals surface area contributed by atoms with Gasteiger partial charge in [-0.2, -0.15) is 10.2 Å². The number of carbonyl (C=O) groups excluding carboxylic acids is 6. The number of nitrogens with one attached hydrogen (secondary N) is 7. The Morgan fingerprint density at radius 2 is 1.53 bits per heavy atom. The van der Waals surface area contributed by atoms with E-state index in [2.05, 4.69) is 47.3 Å². The molecule has 0 fully saturated rings. The van der Waals surface area contributed by atoms with Crippen molar-refractivity contribution >= 4 is 92.1 Å². The van der Waals surface area contributed by atoms with Crippen LogP contribution in [0.5, 0.6) is 0 Å². The number of aromatic nitrogens is 1. The van der Waals surface area contributed by atoms with E-state index in [1.54, 1.807) is 47.4 Å². The van der Waals surface area contributed by atoms with Crippen molar-refractivity contribution in [1.29, 1.82) is 0 Å². The van der Waals surface area contributed by atoms with Crippen LogP contribution >= 0.6 is 24.4 Å². The summed E-state index contributed by atoms with van der Waals surface area (Å²) in [6.45, 7) is 10.9. The lowest BCUT2D eigenvalue weighted by Gasteiger charge is -2.25. The lowest BCUT2D eigenvalue weighted by Crippen LogP contribution is -2.53. The van der Waals surface area contributed by atoms with Gasteiger partial charge in [0.05, 0.1) is 17.5 Å². The van der Waals surface area contributed by atoms with Gasteiger partial charge in [0, 0.05) is 81.1 Å². The molecule has 4 atom stereocenters. The molecule has 0 aliphatic heterocycles. The first-order valence-electron chi connectivity index (χ1n) is 19.4. The highest BCUT2D eigenvalue weighted by atomic mass is 32.1. The van der Waals surface area contributed by atoms with Crippen LogP contribution in [0, 0.1) is 24.2 Å². The number of hydrogen-bond donors (Lipinski definition) is 8. The zero-order chi connectivity index (χ0) is 43.4. The molecule has 1 heterocycles. The van der Waals surface area contributed by atoms with Crippen LogP contribution < -0.4 is 37.9 Å². The number of amides is 3. The maximum absolute atomic E-state index is 13.9. The number of thiocarbonyl (C=S) groups is 2. The minimum absolute atomic E-state index is 0.00831. The number of hydrogen-bond acceptors (Lipinski definition) is 10. The summed E-state index contributed by atoms with van der Waals surface area (Å²) in [4.78, 5) is 81.9. The minimum Gasteiger partial charge on any atom is -0.370 e. The van der Waals surface area contributed by atoms with Gasteiger partial charge in [-0.15, -0.1) is 0 Å². The number of carbonyl (C=O) groups is 6. The Bertz CT molecular complexity index is 1840. The van der Waals surface area contributed by atoms with E-state index in [9.17, 15) is 28.8 Å². The third-order valence-corrected chi connectivity index (χ3v) is 10.1. The molecule has 2 rings (SSSR count). The van der Waals surface area contributed by atoms with Crippen LogP contribution in [0.2, 0.25) is 0 Å². The van der Waals surface area contributed by atoms with Crippen molar-refractivity contribution in [2.45, 2.75) is 105 Å².